The Morgan fingerprint density at radius 1 is 1.18 bits per heavy atom. The van der Waals surface area contributed by atoms with Crippen LogP contribution in [0.5, 0.6) is 11.5 Å². The van der Waals surface area contributed by atoms with Crippen LogP contribution in [0.15, 0.2) is 48.5 Å². The van der Waals surface area contributed by atoms with Crippen molar-refractivity contribution in [1.29, 1.82) is 0 Å². The van der Waals surface area contributed by atoms with Gasteiger partial charge in [0, 0.05) is 11.9 Å². The van der Waals surface area contributed by atoms with Crippen molar-refractivity contribution in [1.82, 2.24) is 15.1 Å². The fourth-order valence-electron chi connectivity index (χ4n) is 3.56. The Hall–Kier alpha value is -3.92. The summed E-state index contributed by atoms with van der Waals surface area (Å²) in [6, 6.07) is 13.0. The zero-order chi connectivity index (χ0) is 23.8. The normalized spacial score (nSPS) is 13.1. The largest absolute Gasteiger partial charge is 0.454 e. The molecule has 3 heterocycles. The van der Waals surface area contributed by atoms with Crippen LogP contribution < -0.4 is 14.8 Å². The van der Waals surface area contributed by atoms with E-state index in [9.17, 15) is 14.0 Å². The maximum Gasteiger partial charge on any atom is 0.349 e. The molecule has 0 saturated heterocycles. The molecule has 8 nitrogen and oxygen atoms in total. The van der Waals surface area contributed by atoms with Gasteiger partial charge in [0.05, 0.1) is 11.4 Å². The number of aromatic nitrogens is 2. The van der Waals surface area contributed by atoms with Crippen molar-refractivity contribution >= 4 is 33.4 Å². The van der Waals surface area contributed by atoms with Crippen molar-refractivity contribution in [2.75, 3.05) is 6.79 Å². The molecule has 0 bridgehead atoms. The molecule has 1 amide bonds. The molecule has 34 heavy (non-hydrogen) atoms. The summed E-state index contributed by atoms with van der Waals surface area (Å²) in [5, 5.41) is 8.04. The first-order valence-corrected chi connectivity index (χ1v) is 11.3. The zero-order valence-corrected chi connectivity index (χ0v) is 19.1. The topological polar surface area (TPSA) is 91.7 Å². The minimum absolute atomic E-state index is 0.178. The highest BCUT2D eigenvalue weighted by molar-refractivity contribution is 7.20. The lowest BCUT2D eigenvalue weighted by atomic mass is 10.2. The van der Waals surface area contributed by atoms with E-state index >= 15 is 0 Å². The second kappa shape index (κ2) is 8.79. The van der Waals surface area contributed by atoms with Crippen molar-refractivity contribution < 1.29 is 28.2 Å². The van der Waals surface area contributed by atoms with Gasteiger partial charge in [-0.15, -0.1) is 11.3 Å². The second-order valence-corrected chi connectivity index (χ2v) is 8.79. The molecule has 0 radical (unpaired) electrons. The maximum atomic E-state index is 13.3. The van der Waals surface area contributed by atoms with Crippen LogP contribution in [0, 0.1) is 12.7 Å². The highest BCUT2D eigenvalue weighted by Crippen LogP contribution is 2.33. The summed E-state index contributed by atoms with van der Waals surface area (Å²) in [6.07, 6.45) is -0.985. The number of thiophene rings is 1. The zero-order valence-electron chi connectivity index (χ0n) is 18.3. The third-order valence-corrected chi connectivity index (χ3v) is 6.46. The first-order chi connectivity index (χ1) is 16.4. The summed E-state index contributed by atoms with van der Waals surface area (Å²) < 4.78 is 31.0. The Kier molecular flexibility index (Phi) is 5.66. The van der Waals surface area contributed by atoms with Gasteiger partial charge in [0.25, 0.3) is 5.91 Å². The minimum atomic E-state index is -0.985. The monoisotopic (exact) mass is 481 g/mol. The highest BCUT2D eigenvalue weighted by atomic mass is 32.1. The molecule has 2 aromatic carbocycles. The average molecular weight is 482 g/mol. The number of aryl methyl sites for hydroxylation is 1. The summed E-state index contributed by atoms with van der Waals surface area (Å²) in [7, 11) is 0. The van der Waals surface area contributed by atoms with E-state index in [1.54, 1.807) is 35.0 Å². The van der Waals surface area contributed by atoms with E-state index in [0.29, 0.717) is 22.1 Å². The molecule has 0 fully saturated rings. The average Bonchev–Trinajstić information content (AvgIpc) is 3.54. The lowest BCUT2D eigenvalue weighted by molar-refractivity contribution is -0.129. The van der Waals surface area contributed by atoms with E-state index in [-0.39, 0.29) is 19.2 Å². The SMILES string of the molecule is Cc1nn(-c2ccc(F)cc2)c2sc(C(=O)O[C@@H](C)C(=O)NCc3ccc4c(c3)OCO4)cc12. The summed E-state index contributed by atoms with van der Waals surface area (Å²) in [5.41, 5.74) is 2.24. The van der Waals surface area contributed by atoms with Crippen LogP contribution in [0.2, 0.25) is 0 Å². The first kappa shape index (κ1) is 21.9. The molecule has 174 valence electrons. The van der Waals surface area contributed by atoms with Gasteiger partial charge in [-0.2, -0.15) is 5.10 Å². The number of hydrogen-bond donors (Lipinski definition) is 1. The Morgan fingerprint density at radius 3 is 2.74 bits per heavy atom. The fraction of sp³-hybridized carbons (Fsp3) is 0.208. The fourth-order valence-corrected chi connectivity index (χ4v) is 4.63. The van der Waals surface area contributed by atoms with Crippen LogP contribution >= 0.6 is 11.3 Å². The molecular formula is C24H20FN3O5S. The van der Waals surface area contributed by atoms with Crippen molar-refractivity contribution in [3.05, 3.63) is 70.5 Å². The number of amides is 1. The van der Waals surface area contributed by atoms with Gasteiger partial charge in [-0.1, -0.05) is 6.07 Å². The summed E-state index contributed by atoms with van der Waals surface area (Å²) in [6.45, 7) is 3.78. The van der Waals surface area contributed by atoms with Gasteiger partial charge in [-0.05, 0) is 61.9 Å². The number of nitrogens with one attached hydrogen (secondary N) is 1. The van der Waals surface area contributed by atoms with Crippen molar-refractivity contribution in [2.45, 2.75) is 26.5 Å². The van der Waals surface area contributed by atoms with Crippen LogP contribution in [0.4, 0.5) is 4.39 Å². The summed E-state index contributed by atoms with van der Waals surface area (Å²) in [4.78, 5) is 26.3. The van der Waals surface area contributed by atoms with Crippen molar-refractivity contribution in [3.63, 3.8) is 0 Å². The number of carbonyl (C=O) groups is 2. The number of fused-ring (bicyclic) bond motifs is 2. The Labute approximate surface area is 197 Å². The number of halogens is 1. The minimum Gasteiger partial charge on any atom is -0.454 e. The van der Waals surface area contributed by atoms with Crippen LogP contribution in [0.25, 0.3) is 15.9 Å². The number of esters is 1. The van der Waals surface area contributed by atoms with Gasteiger partial charge in [0.2, 0.25) is 6.79 Å². The van der Waals surface area contributed by atoms with Crippen molar-refractivity contribution in [2.24, 2.45) is 0 Å². The molecule has 1 aliphatic heterocycles. The molecule has 0 spiro atoms. The Bertz CT molecular complexity index is 1400. The molecule has 4 aromatic rings. The molecule has 5 rings (SSSR count). The number of carbonyl (C=O) groups excluding carboxylic acids is 2. The van der Waals surface area contributed by atoms with E-state index in [1.807, 2.05) is 13.0 Å². The number of ether oxygens (including phenoxy) is 3. The molecule has 0 aliphatic carbocycles. The van der Waals surface area contributed by atoms with E-state index in [1.165, 1.54) is 30.4 Å². The first-order valence-electron chi connectivity index (χ1n) is 10.5. The lowest BCUT2D eigenvalue weighted by Crippen LogP contribution is -2.35. The number of rotatable bonds is 6. The van der Waals surface area contributed by atoms with Gasteiger partial charge in [0.15, 0.2) is 17.6 Å². The van der Waals surface area contributed by atoms with Gasteiger partial charge in [0.1, 0.15) is 15.5 Å². The number of benzene rings is 2. The molecule has 0 unspecified atom stereocenters. The molecule has 1 N–H and O–H groups in total. The molecule has 1 atom stereocenters. The molecule has 0 saturated carbocycles. The third-order valence-electron chi connectivity index (χ3n) is 5.37. The molecular weight excluding hydrogens is 461 g/mol. The standard InChI is InChI=1S/C24H20FN3O5S/c1-13-18-10-21(34-23(18)28(27-13)17-6-4-16(25)5-7-17)24(30)33-14(2)22(29)26-11-15-3-8-19-20(9-15)32-12-31-19/h3-10,14H,11-12H2,1-2H3,(H,26,29)/t14-/m0/s1. The van der Waals surface area contributed by atoms with Gasteiger partial charge in [-0.25, -0.2) is 13.9 Å². The predicted octanol–water partition coefficient (Wildman–Crippen LogP) is 4.12. The highest BCUT2D eigenvalue weighted by Gasteiger charge is 2.23. The molecule has 1 aliphatic rings. The maximum absolute atomic E-state index is 13.3. The quantitative estimate of drug-likeness (QED) is 0.417. The second-order valence-electron chi connectivity index (χ2n) is 7.76. The number of hydrogen-bond acceptors (Lipinski definition) is 7. The van der Waals surface area contributed by atoms with Gasteiger partial charge in [-0.3, -0.25) is 4.79 Å². The summed E-state index contributed by atoms with van der Waals surface area (Å²) >= 11 is 1.20. The van der Waals surface area contributed by atoms with Crippen LogP contribution in [0.1, 0.15) is 27.9 Å². The van der Waals surface area contributed by atoms with Crippen LogP contribution in [-0.4, -0.2) is 34.6 Å². The van der Waals surface area contributed by atoms with Crippen LogP contribution in [-0.2, 0) is 16.1 Å². The Morgan fingerprint density at radius 2 is 1.94 bits per heavy atom. The van der Waals surface area contributed by atoms with E-state index in [4.69, 9.17) is 14.2 Å². The van der Waals surface area contributed by atoms with E-state index in [0.717, 1.165) is 21.5 Å². The van der Waals surface area contributed by atoms with Gasteiger partial charge < -0.3 is 19.5 Å². The van der Waals surface area contributed by atoms with E-state index in [2.05, 4.69) is 10.4 Å². The van der Waals surface area contributed by atoms with Gasteiger partial charge >= 0.3 is 5.97 Å². The van der Waals surface area contributed by atoms with Crippen molar-refractivity contribution in [3.8, 4) is 17.2 Å². The third kappa shape index (κ3) is 4.19. The Balaban J connectivity index is 1.25. The summed E-state index contributed by atoms with van der Waals surface area (Å²) in [5.74, 6) is -0.0631. The molecule has 10 heteroatoms. The smallest absolute Gasteiger partial charge is 0.349 e. The number of nitrogens with zero attached hydrogens (tertiary/aromatic N) is 2. The molecule has 2 aromatic heterocycles. The van der Waals surface area contributed by atoms with Crippen LogP contribution in [0.3, 0.4) is 0 Å². The predicted molar refractivity (Wildman–Crippen MR) is 123 cm³/mol. The van der Waals surface area contributed by atoms with E-state index < -0.39 is 18.0 Å². The lowest BCUT2D eigenvalue weighted by Gasteiger charge is -2.13.